The van der Waals surface area contributed by atoms with Crippen LogP contribution in [0.2, 0.25) is 0 Å². The summed E-state index contributed by atoms with van der Waals surface area (Å²) in [4.78, 5) is 0. The maximum atomic E-state index is 5.74. The van der Waals surface area contributed by atoms with Crippen molar-refractivity contribution in [3.05, 3.63) is 29.3 Å². The molecule has 0 radical (unpaired) electrons. The molecule has 0 aliphatic carbocycles. The van der Waals surface area contributed by atoms with Crippen LogP contribution >= 0.6 is 0 Å². The van der Waals surface area contributed by atoms with E-state index in [2.05, 4.69) is 26.0 Å². The molecule has 1 unspecified atom stereocenters. The van der Waals surface area contributed by atoms with Crippen LogP contribution in [0.4, 0.5) is 0 Å². The Morgan fingerprint density at radius 3 is 2.39 bits per heavy atom. The molecule has 0 bridgehead atoms. The molecule has 18 heavy (non-hydrogen) atoms. The minimum absolute atomic E-state index is 0.399. The van der Waals surface area contributed by atoms with E-state index in [9.17, 15) is 0 Å². The van der Waals surface area contributed by atoms with Crippen LogP contribution in [0.15, 0.2) is 18.2 Å². The molecule has 1 atom stereocenters. The minimum atomic E-state index is 0.399. The van der Waals surface area contributed by atoms with Crippen LogP contribution in [0, 0.1) is 18.8 Å². The Labute approximate surface area is 111 Å². The van der Waals surface area contributed by atoms with Gasteiger partial charge in [-0.2, -0.15) is 0 Å². The van der Waals surface area contributed by atoms with Gasteiger partial charge in [0.25, 0.3) is 0 Å². The molecule has 4 N–H and O–H groups in total. The Hall–Kier alpha value is -1.06. The van der Waals surface area contributed by atoms with E-state index < -0.39 is 0 Å². The van der Waals surface area contributed by atoms with Crippen LogP contribution < -0.4 is 16.2 Å². The number of ether oxygens (including phenoxy) is 1. The number of nitrogens with two attached hydrogens (primary N) is 2. The van der Waals surface area contributed by atoms with Crippen LogP contribution in [0.5, 0.6) is 5.75 Å². The van der Waals surface area contributed by atoms with Gasteiger partial charge in [-0.25, -0.2) is 0 Å². The van der Waals surface area contributed by atoms with E-state index in [1.165, 1.54) is 11.1 Å². The fourth-order valence-electron chi connectivity index (χ4n) is 2.23. The zero-order chi connectivity index (χ0) is 13.5. The number of aryl methyl sites for hydroxylation is 1. The Morgan fingerprint density at radius 2 is 1.89 bits per heavy atom. The van der Waals surface area contributed by atoms with E-state index >= 15 is 0 Å². The predicted octanol–water partition coefficient (Wildman–Crippen LogP) is 2.11. The van der Waals surface area contributed by atoms with E-state index in [1.54, 1.807) is 0 Å². The predicted molar refractivity (Wildman–Crippen MR) is 76.8 cm³/mol. The summed E-state index contributed by atoms with van der Waals surface area (Å²) in [6, 6.07) is 6.30. The second-order valence-corrected chi connectivity index (χ2v) is 4.93. The van der Waals surface area contributed by atoms with Gasteiger partial charge >= 0.3 is 0 Å². The minimum Gasteiger partial charge on any atom is -0.494 e. The molecule has 0 fully saturated rings. The molecule has 0 aliphatic rings. The number of hydrogen-bond acceptors (Lipinski definition) is 3. The summed E-state index contributed by atoms with van der Waals surface area (Å²) in [5.41, 5.74) is 14.1. The van der Waals surface area contributed by atoms with Gasteiger partial charge in [0.15, 0.2) is 0 Å². The van der Waals surface area contributed by atoms with Gasteiger partial charge in [-0.15, -0.1) is 0 Å². The van der Waals surface area contributed by atoms with Crippen LogP contribution in [0.3, 0.4) is 0 Å². The third-order valence-electron chi connectivity index (χ3n) is 3.58. The topological polar surface area (TPSA) is 61.3 Å². The highest BCUT2D eigenvalue weighted by Gasteiger charge is 2.15. The lowest BCUT2D eigenvalue weighted by Gasteiger charge is -2.21. The van der Waals surface area contributed by atoms with E-state index in [-0.39, 0.29) is 0 Å². The molecule has 0 saturated heterocycles. The Morgan fingerprint density at radius 1 is 1.22 bits per heavy atom. The van der Waals surface area contributed by atoms with Gasteiger partial charge in [0, 0.05) is 0 Å². The number of benzene rings is 1. The smallest absolute Gasteiger partial charge is 0.119 e. The second-order valence-electron chi connectivity index (χ2n) is 4.93. The monoisotopic (exact) mass is 250 g/mol. The molecule has 1 aromatic carbocycles. The van der Waals surface area contributed by atoms with Crippen LogP contribution in [0.1, 0.15) is 25.0 Å². The first kappa shape index (κ1) is 15.0. The van der Waals surface area contributed by atoms with Gasteiger partial charge in [0.1, 0.15) is 5.75 Å². The summed E-state index contributed by atoms with van der Waals surface area (Å²) in [5.74, 6) is 1.85. The summed E-state index contributed by atoms with van der Waals surface area (Å²) < 4.78 is 5.50. The molecule has 0 saturated carbocycles. The van der Waals surface area contributed by atoms with Crippen molar-refractivity contribution in [3.8, 4) is 5.75 Å². The highest BCUT2D eigenvalue weighted by Crippen LogP contribution is 2.22. The Balaban J connectivity index is 2.72. The van der Waals surface area contributed by atoms with Crippen molar-refractivity contribution in [2.45, 2.75) is 27.2 Å². The first-order valence-electron chi connectivity index (χ1n) is 6.74. The maximum absolute atomic E-state index is 5.74. The quantitative estimate of drug-likeness (QED) is 0.779. The molecular weight excluding hydrogens is 224 g/mol. The second kappa shape index (κ2) is 7.39. The van der Waals surface area contributed by atoms with Crippen LogP contribution in [-0.4, -0.2) is 19.7 Å². The molecule has 1 rings (SSSR count). The van der Waals surface area contributed by atoms with Crippen LogP contribution in [-0.2, 0) is 6.42 Å². The lowest BCUT2D eigenvalue weighted by molar-refractivity contribution is 0.339. The highest BCUT2D eigenvalue weighted by atomic mass is 16.5. The highest BCUT2D eigenvalue weighted by molar-refractivity contribution is 5.35. The average Bonchev–Trinajstić information content (AvgIpc) is 2.34. The lowest BCUT2D eigenvalue weighted by atomic mass is 9.87. The Kier molecular flexibility index (Phi) is 6.16. The average molecular weight is 250 g/mol. The summed E-state index contributed by atoms with van der Waals surface area (Å²) in [7, 11) is 0. The van der Waals surface area contributed by atoms with E-state index in [4.69, 9.17) is 16.2 Å². The van der Waals surface area contributed by atoms with Gasteiger partial charge < -0.3 is 16.2 Å². The van der Waals surface area contributed by atoms with Crippen molar-refractivity contribution in [1.82, 2.24) is 0 Å². The van der Waals surface area contributed by atoms with Gasteiger partial charge in [-0.05, 0) is 68.5 Å². The maximum Gasteiger partial charge on any atom is 0.119 e. The van der Waals surface area contributed by atoms with Gasteiger partial charge in [-0.3, -0.25) is 0 Å². The van der Waals surface area contributed by atoms with Crippen LogP contribution in [0.25, 0.3) is 0 Å². The fourth-order valence-corrected chi connectivity index (χ4v) is 2.23. The molecule has 102 valence electrons. The fraction of sp³-hybridized carbons (Fsp3) is 0.600. The van der Waals surface area contributed by atoms with E-state index in [0.717, 1.165) is 12.2 Å². The Bertz CT molecular complexity index is 362. The van der Waals surface area contributed by atoms with E-state index in [1.807, 2.05) is 13.0 Å². The number of hydrogen-bond donors (Lipinski definition) is 2. The molecule has 0 aliphatic heterocycles. The lowest BCUT2D eigenvalue weighted by Crippen LogP contribution is -2.30. The summed E-state index contributed by atoms with van der Waals surface area (Å²) >= 11 is 0. The number of rotatable bonds is 7. The van der Waals surface area contributed by atoms with Gasteiger partial charge in [-0.1, -0.05) is 13.0 Å². The third-order valence-corrected chi connectivity index (χ3v) is 3.58. The SMILES string of the molecule is CCOc1ccc(CC(C)C(CN)CN)c(C)c1. The van der Waals surface area contributed by atoms with Crippen molar-refractivity contribution < 1.29 is 4.74 Å². The standard InChI is InChI=1S/C15H26N2O/c1-4-18-15-6-5-13(12(3)8-15)7-11(2)14(9-16)10-17/h5-6,8,11,14H,4,7,9-10,16-17H2,1-3H3. The molecular formula is C15H26N2O. The summed E-state index contributed by atoms with van der Waals surface area (Å²) in [6.45, 7) is 8.38. The molecule has 1 aromatic rings. The molecule has 0 amide bonds. The van der Waals surface area contributed by atoms with Crippen molar-refractivity contribution in [2.75, 3.05) is 19.7 Å². The van der Waals surface area contributed by atoms with Gasteiger partial charge in [0.05, 0.1) is 6.61 Å². The first-order valence-corrected chi connectivity index (χ1v) is 6.74. The van der Waals surface area contributed by atoms with E-state index in [0.29, 0.717) is 31.5 Å². The van der Waals surface area contributed by atoms with Crippen molar-refractivity contribution in [3.63, 3.8) is 0 Å². The first-order chi connectivity index (χ1) is 8.62. The zero-order valence-corrected chi connectivity index (χ0v) is 11.8. The third kappa shape index (κ3) is 4.00. The zero-order valence-electron chi connectivity index (χ0n) is 11.8. The summed E-state index contributed by atoms with van der Waals surface area (Å²) in [5, 5.41) is 0. The summed E-state index contributed by atoms with van der Waals surface area (Å²) in [6.07, 6.45) is 1.03. The largest absolute Gasteiger partial charge is 0.494 e. The molecule has 3 heteroatoms. The van der Waals surface area contributed by atoms with Crippen molar-refractivity contribution in [1.29, 1.82) is 0 Å². The molecule has 3 nitrogen and oxygen atoms in total. The van der Waals surface area contributed by atoms with Crippen molar-refractivity contribution >= 4 is 0 Å². The molecule has 0 spiro atoms. The van der Waals surface area contributed by atoms with Crippen molar-refractivity contribution in [2.24, 2.45) is 23.3 Å². The van der Waals surface area contributed by atoms with Gasteiger partial charge in [0.2, 0.25) is 0 Å². The molecule has 0 heterocycles. The normalized spacial score (nSPS) is 12.8. The molecule has 0 aromatic heterocycles.